The molecule has 0 aromatic rings. The van der Waals surface area contributed by atoms with Crippen LogP contribution in [0.5, 0.6) is 0 Å². The van der Waals surface area contributed by atoms with Gasteiger partial charge in [-0.1, -0.05) is 229 Å². The molecule has 3 aliphatic heterocycles. The van der Waals surface area contributed by atoms with Crippen molar-refractivity contribution in [2.75, 3.05) is 26.4 Å². The number of amides is 1. The minimum Gasteiger partial charge on any atom is -0.394 e. The molecule has 3 saturated heterocycles. The van der Waals surface area contributed by atoms with Crippen LogP contribution < -0.4 is 5.32 Å². The molecule has 19 nitrogen and oxygen atoms in total. The molecular formula is C67H121NO18. The van der Waals surface area contributed by atoms with Gasteiger partial charge in [0, 0.05) is 6.42 Å². The average molecular weight is 1230 g/mol. The zero-order valence-electron chi connectivity index (χ0n) is 52.8. The fourth-order valence-electron chi connectivity index (χ4n) is 11.4. The Hall–Kier alpha value is -2.25. The van der Waals surface area contributed by atoms with E-state index in [0.29, 0.717) is 12.8 Å². The van der Waals surface area contributed by atoms with Crippen molar-refractivity contribution in [3.05, 3.63) is 48.6 Å². The highest BCUT2D eigenvalue weighted by Crippen LogP contribution is 2.33. The van der Waals surface area contributed by atoms with Crippen molar-refractivity contribution >= 4 is 5.91 Å². The normalized spacial score (nSPS) is 29.1. The Kier molecular flexibility index (Phi) is 44.8. The number of rotatable bonds is 51. The van der Waals surface area contributed by atoms with Crippen molar-refractivity contribution in [2.24, 2.45) is 0 Å². The quantitative estimate of drug-likeness (QED) is 0.0202. The van der Waals surface area contributed by atoms with Gasteiger partial charge in [-0.25, -0.2) is 0 Å². The number of nitrogens with one attached hydrogen (secondary N) is 1. The first-order valence-electron chi connectivity index (χ1n) is 33.9. The molecule has 0 aromatic carbocycles. The third-order valence-electron chi connectivity index (χ3n) is 16.9. The number of hydrogen-bond donors (Lipinski definition) is 12. The molecule has 19 heteroatoms. The second-order valence-electron chi connectivity index (χ2n) is 24.3. The maximum Gasteiger partial charge on any atom is 0.220 e. The molecule has 502 valence electrons. The second-order valence-corrected chi connectivity index (χ2v) is 24.3. The van der Waals surface area contributed by atoms with Crippen molar-refractivity contribution in [1.82, 2.24) is 5.32 Å². The topological polar surface area (TPSA) is 307 Å². The maximum atomic E-state index is 13.4. The second kappa shape index (κ2) is 49.5. The standard InChI is InChI=1S/C67H121NO18/c1-3-5-7-9-11-13-15-17-19-21-23-25-27-29-31-33-35-37-39-41-43-45-55(73)68-50(51(72)44-42-40-38-36-34-32-30-28-26-24-22-20-18-16-14-12-10-8-6-4-2)49-81-65-61(79)58(76)63(53(47-70)83-65)86-67-62(80)59(77)64(54(48-71)84-67)85-66-60(78)57(75)56(74)52(46-69)82-66/h5,7,11,13,17,19,23,25,50-54,56-67,69-72,74-80H,3-4,6,8-10,12,14-16,18,20-22,24,26-49H2,1-2H3,(H,68,73)/b7-5-,13-11-,19-17-,25-23-. The van der Waals surface area contributed by atoms with Gasteiger partial charge in [0.25, 0.3) is 0 Å². The lowest BCUT2D eigenvalue weighted by Crippen LogP contribution is -2.66. The third kappa shape index (κ3) is 31.7. The van der Waals surface area contributed by atoms with Crippen LogP contribution in [-0.2, 0) is 33.2 Å². The predicted molar refractivity (Wildman–Crippen MR) is 332 cm³/mol. The lowest BCUT2D eigenvalue weighted by Gasteiger charge is -2.48. The van der Waals surface area contributed by atoms with Crippen LogP contribution in [0, 0.1) is 0 Å². The Morgan fingerprint density at radius 3 is 1.26 bits per heavy atom. The van der Waals surface area contributed by atoms with Gasteiger partial charge in [-0.3, -0.25) is 4.79 Å². The molecule has 0 bridgehead atoms. The first-order chi connectivity index (χ1) is 41.8. The van der Waals surface area contributed by atoms with Gasteiger partial charge in [-0.05, 0) is 51.4 Å². The number of carbonyl (C=O) groups is 1. The summed E-state index contributed by atoms with van der Waals surface area (Å²) in [6.45, 7) is 1.69. The Morgan fingerprint density at radius 1 is 0.430 bits per heavy atom. The van der Waals surface area contributed by atoms with Crippen LogP contribution in [0.3, 0.4) is 0 Å². The van der Waals surface area contributed by atoms with Gasteiger partial charge in [-0.15, -0.1) is 0 Å². The molecule has 0 saturated carbocycles. The van der Waals surface area contributed by atoms with E-state index in [1.807, 2.05) is 0 Å². The Labute approximate surface area is 516 Å². The molecule has 17 unspecified atom stereocenters. The highest BCUT2D eigenvalue weighted by Gasteiger charge is 2.53. The Bertz CT molecular complexity index is 1750. The summed E-state index contributed by atoms with van der Waals surface area (Å²) in [6.07, 6.45) is 30.3. The molecule has 3 rings (SSSR count). The van der Waals surface area contributed by atoms with E-state index in [4.69, 9.17) is 28.4 Å². The van der Waals surface area contributed by atoms with E-state index >= 15 is 0 Å². The molecule has 12 N–H and O–H groups in total. The fraction of sp³-hybridized carbons (Fsp3) is 0.866. The number of aliphatic hydroxyl groups excluding tert-OH is 11. The summed E-state index contributed by atoms with van der Waals surface area (Å²) in [4.78, 5) is 13.4. The summed E-state index contributed by atoms with van der Waals surface area (Å²) in [5.74, 6) is -0.251. The van der Waals surface area contributed by atoms with E-state index in [-0.39, 0.29) is 18.9 Å². The number of aliphatic hydroxyl groups is 11. The summed E-state index contributed by atoms with van der Waals surface area (Å²) in [5, 5.41) is 121. The predicted octanol–water partition coefficient (Wildman–Crippen LogP) is 8.22. The van der Waals surface area contributed by atoms with Crippen LogP contribution in [0.2, 0.25) is 0 Å². The third-order valence-corrected chi connectivity index (χ3v) is 16.9. The summed E-state index contributed by atoms with van der Waals surface area (Å²) >= 11 is 0. The van der Waals surface area contributed by atoms with E-state index in [1.165, 1.54) is 122 Å². The van der Waals surface area contributed by atoms with Gasteiger partial charge in [0.2, 0.25) is 5.91 Å². The van der Waals surface area contributed by atoms with Crippen molar-refractivity contribution in [2.45, 2.75) is 343 Å². The summed E-state index contributed by atoms with van der Waals surface area (Å²) in [5.41, 5.74) is 0. The summed E-state index contributed by atoms with van der Waals surface area (Å²) in [6, 6.07) is -0.894. The smallest absolute Gasteiger partial charge is 0.220 e. The molecule has 86 heavy (non-hydrogen) atoms. The van der Waals surface area contributed by atoms with Crippen LogP contribution >= 0.6 is 0 Å². The maximum absolute atomic E-state index is 13.4. The number of hydrogen-bond acceptors (Lipinski definition) is 18. The van der Waals surface area contributed by atoms with Gasteiger partial charge in [0.05, 0.1) is 38.6 Å². The van der Waals surface area contributed by atoms with Crippen LogP contribution in [0.15, 0.2) is 48.6 Å². The molecular weight excluding hydrogens is 1110 g/mol. The number of unbranched alkanes of at least 4 members (excludes halogenated alkanes) is 27. The lowest BCUT2D eigenvalue weighted by molar-refractivity contribution is -0.379. The summed E-state index contributed by atoms with van der Waals surface area (Å²) < 4.78 is 34.4. The molecule has 3 aliphatic rings. The Balaban J connectivity index is 1.45. The van der Waals surface area contributed by atoms with Gasteiger partial charge in [-0.2, -0.15) is 0 Å². The highest BCUT2D eigenvalue weighted by molar-refractivity contribution is 5.76. The zero-order chi connectivity index (χ0) is 62.6. The monoisotopic (exact) mass is 1230 g/mol. The molecule has 17 atom stereocenters. The van der Waals surface area contributed by atoms with Gasteiger partial charge >= 0.3 is 0 Å². The number of ether oxygens (including phenoxy) is 6. The van der Waals surface area contributed by atoms with E-state index in [0.717, 1.165) is 83.5 Å². The Morgan fingerprint density at radius 2 is 0.802 bits per heavy atom. The van der Waals surface area contributed by atoms with Crippen LogP contribution in [-0.4, -0.2) is 193 Å². The van der Waals surface area contributed by atoms with E-state index in [2.05, 4.69) is 67.8 Å². The van der Waals surface area contributed by atoms with Crippen molar-refractivity contribution in [3.8, 4) is 0 Å². The number of carbonyl (C=O) groups excluding carboxylic acids is 1. The number of allylic oxidation sites excluding steroid dienone is 8. The van der Waals surface area contributed by atoms with Crippen LogP contribution in [0.1, 0.15) is 239 Å². The molecule has 3 fully saturated rings. The van der Waals surface area contributed by atoms with Gasteiger partial charge < -0.3 is 89.9 Å². The van der Waals surface area contributed by atoms with Crippen molar-refractivity contribution < 1.29 is 89.4 Å². The largest absolute Gasteiger partial charge is 0.394 e. The summed E-state index contributed by atoms with van der Waals surface area (Å²) in [7, 11) is 0. The fourth-order valence-corrected chi connectivity index (χ4v) is 11.4. The molecule has 0 aliphatic carbocycles. The van der Waals surface area contributed by atoms with Crippen LogP contribution in [0.25, 0.3) is 0 Å². The molecule has 1 amide bonds. The SMILES string of the molecule is CC/C=C\C/C=C\C/C=C\C/C=C\CCCCCCCCCCC(=O)NC(COC1OC(CO)C(OC2OC(CO)C(OC3OC(CO)C(O)C(O)C3O)C(O)C2O)C(O)C1O)C(O)CCCCCCCCCCCCCCCCCCCCCC. The molecule has 3 heterocycles. The highest BCUT2D eigenvalue weighted by atomic mass is 16.8. The molecule has 0 radical (unpaired) electrons. The minimum atomic E-state index is -1.97. The van der Waals surface area contributed by atoms with Crippen molar-refractivity contribution in [1.29, 1.82) is 0 Å². The zero-order valence-corrected chi connectivity index (χ0v) is 52.8. The molecule has 0 spiro atoms. The average Bonchev–Trinajstić information content (AvgIpc) is 2.21. The van der Waals surface area contributed by atoms with E-state index < -0.39 is 124 Å². The van der Waals surface area contributed by atoms with E-state index in [9.17, 15) is 61.0 Å². The minimum absolute atomic E-state index is 0.251. The van der Waals surface area contributed by atoms with Crippen molar-refractivity contribution in [3.63, 3.8) is 0 Å². The lowest BCUT2D eigenvalue weighted by atomic mass is 9.96. The van der Waals surface area contributed by atoms with Crippen LogP contribution in [0.4, 0.5) is 0 Å². The van der Waals surface area contributed by atoms with Gasteiger partial charge in [0.1, 0.15) is 73.2 Å². The first-order valence-corrected chi connectivity index (χ1v) is 33.9. The molecule has 0 aromatic heterocycles. The van der Waals surface area contributed by atoms with E-state index in [1.54, 1.807) is 0 Å². The first kappa shape index (κ1) is 78.0. The van der Waals surface area contributed by atoms with Gasteiger partial charge in [0.15, 0.2) is 18.9 Å².